The van der Waals surface area contributed by atoms with E-state index < -0.39 is 15.9 Å². The van der Waals surface area contributed by atoms with Gasteiger partial charge in [0.25, 0.3) is 15.9 Å². The maximum absolute atomic E-state index is 13.0. The Labute approximate surface area is 210 Å². The van der Waals surface area contributed by atoms with Gasteiger partial charge in [-0.3, -0.25) is 9.52 Å². The summed E-state index contributed by atoms with van der Waals surface area (Å²) in [6, 6.07) is 23.6. The first-order valence-corrected chi connectivity index (χ1v) is 12.5. The maximum Gasteiger partial charge on any atom is 0.277 e. The molecule has 3 aromatic rings. The summed E-state index contributed by atoms with van der Waals surface area (Å²) in [4.78, 5) is 17.1. The minimum Gasteiger partial charge on any atom is -0.495 e. The van der Waals surface area contributed by atoms with E-state index in [0.29, 0.717) is 11.1 Å². The van der Waals surface area contributed by atoms with Crippen LogP contribution >= 0.6 is 12.2 Å². The molecule has 0 radical (unpaired) electrons. The van der Waals surface area contributed by atoms with Crippen molar-refractivity contribution in [1.29, 1.82) is 0 Å². The van der Waals surface area contributed by atoms with Gasteiger partial charge >= 0.3 is 0 Å². The van der Waals surface area contributed by atoms with Crippen LogP contribution in [-0.4, -0.2) is 39.8 Å². The number of benzene rings is 3. The Morgan fingerprint density at radius 3 is 2.31 bits per heavy atom. The van der Waals surface area contributed by atoms with Crippen LogP contribution < -0.4 is 14.8 Å². The Kier molecular flexibility index (Phi) is 8.88. The molecule has 0 spiro atoms. The molecule has 0 atom stereocenters. The normalized spacial score (nSPS) is 11.8. The SMILES string of the molecule is CNC(=S)NS(=O)(=O)c1cc(CC=NC(=O)/C(=C/c2ccccc2)c2ccccc2)ccc1OC. The summed E-state index contributed by atoms with van der Waals surface area (Å²) in [7, 11) is -1.06. The largest absolute Gasteiger partial charge is 0.495 e. The van der Waals surface area contributed by atoms with Crippen LogP contribution in [0.25, 0.3) is 11.6 Å². The number of nitrogens with one attached hydrogen (secondary N) is 2. The van der Waals surface area contributed by atoms with Gasteiger partial charge in [0.2, 0.25) is 0 Å². The first-order valence-electron chi connectivity index (χ1n) is 10.6. The average Bonchev–Trinajstić information content (AvgIpc) is 2.88. The van der Waals surface area contributed by atoms with E-state index in [0.717, 1.165) is 11.1 Å². The number of carbonyl (C=O) groups excluding carboxylic acids is 1. The second kappa shape index (κ2) is 12.0. The van der Waals surface area contributed by atoms with Crippen molar-refractivity contribution in [2.24, 2.45) is 4.99 Å². The van der Waals surface area contributed by atoms with Crippen LogP contribution in [0, 0.1) is 0 Å². The van der Waals surface area contributed by atoms with Crippen molar-refractivity contribution in [3.05, 3.63) is 95.6 Å². The predicted molar refractivity (Wildman–Crippen MR) is 143 cm³/mol. The van der Waals surface area contributed by atoms with Crippen LogP contribution in [0.15, 0.2) is 88.8 Å². The van der Waals surface area contributed by atoms with Crippen LogP contribution in [0.3, 0.4) is 0 Å². The monoisotopic (exact) mass is 507 g/mol. The smallest absolute Gasteiger partial charge is 0.277 e. The summed E-state index contributed by atoms with van der Waals surface area (Å²) in [5.74, 6) is -0.229. The van der Waals surface area contributed by atoms with Crippen LogP contribution in [0.1, 0.15) is 16.7 Å². The summed E-state index contributed by atoms with van der Waals surface area (Å²) in [6.45, 7) is 0. The van der Waals surface area contributed by atoms with Gasteiger partial charge in [0.15, 0.2) is 5.11 Å². The van der Waals surface area contributed by atoms with Crippen molar-refractivity contribution in [1.82, 2.24) is 10.0 Å². The van der Waals surface area contributed by atoms with Crippen molar-refractivity contribution in [3.63, 3.8) is 0 Å². The highest BCUT2D eigenvalue weighted by atomic mass is 32.2. The molecule has 0 heterocycles. The number of amides is 1. The number of hydrogen-bond donors (Lipinski definition) is 2. The molecule has 0 aliphatic rings. The topological polar surface area (TPSA) is 96.9 Å². The van der Waals surface area contributed by atoms with Crippen LogP contribution in [-0.2, 0) is 21.2 Å². The van der Waals surface area contributed by atoms with Crippen molar-refractivity contribution in [2.75, 3.05) is 14.2 Å². The average molecular weight is 508 g/mol. The second-order valence-electron chi connectivity index (χ2n) is 7.33. The molecule has 35 heavy (non-hydrogen) atoms. The molecule has 3 rings (SSSR count). The molecule has 180 valence electrons. The molecule has 9 heteroatoms. The lowest BCUT2D eigenvalue weighted by molar-refractivity contribution is -0.112. The van der Waals surface area contributed by atoms with Gasteiger partial charge in [-0.05, 0) is 47.1 Å². The number of ether oxygens (including phenoxy) is 1. The van der Waals surface area contributed by atoms with Gasteiger partial charge in [0, 0.05) is 25.3 Å². The van der Waals surface area contributed by atoms with Crippen molar-refractivity contribution in [2.45, 2.75) is 11.3 Å². The Morgan fingerprint density at radius 2 is 1.69 bits per heavy atom. The standard InChI is InChI=1S/C26H25N3O4S2/c1-27-26(34)29-35(31,32)24-18-20(13-14-23(24)33-2)15-16-28-25(30)22(21-11-7-4-8-12-21)17-19-9-5-3-6-10-19/h3-14,16-18H,15H2,1-2H3,(H2,27,29,34)/b22-17+,28-16?. The first-order chi connectivity index (χ1) is 16.8. The molecule has 7 nitrogen and oxygen atoms in total. The highest BCUT2D eigenvalue weighted by Gasteiger charge is 2.21. The van der Waals surface area contributed by atoms with E-state index in [2.05, 4.69) is 15.0 Å². The molecule has 0 unspecified atom stereocenters. The Bertz CT molecular complexity index is 1350. The lowest BCUT2D eigenvalue weighted by atomic mass is 10.0. The van der Waals surface area contributed by atoms with E-state index in [1.54, 1.807) is 18.2 Å². The number of rotatable bonds is 8. The van der Waals surface area contributed by atoms with Crippen LogP contribution in [0.4, 0.5) is 0 Å². The molecule has 0 aliphatic carbocycles. The highest BCUT2D eigenvalue weighted by molar-refractivity contribution is 7.92. The predicted octanol–water partition coefficient (Wildman–Crippen LogP) is 3.86. The highest BCUT2D eigenvalue weighted by Crippen LogP contribution is 2.25. The van der Waals surface area contributed by atoms with E-state index in [-0.39, 0.29) is 22.2 Å². The van der Waals surface area contributed by atoms with Gasteiger partial charge in [0.1, 0.15) is 10.6 Å². The van der Waals surface area contributed by atoms with Gasteiger partial charge in [-0.2, -0.15) is 0 Å². The summed E-state index contributed by atoms with van der Waals surface area (Å²) < 4.78 is 32.9. The zero-order chi connectivity index (χ0) is 25.3. The van der Waals surface area contributed by atoms with Gasteiger partial charge in [-0.15, -0.1) is 0 Å². The van der Waals surface area contributed by atoms with Crippen LogP contribution in [0.2, 0.25) is 0 Å². The minimum absolute atomic E-state index is 0.0386. The number of aliphatic imine (C=N–C) groups is 1. The molecule has 3 aromatic carbocycles. The maximum atomic E-state index is 13.0. The summed E-state index contributed by atoms with van der Waals surface area (Å²) >= 11 is 4.92. The number of sulfonamides is 1. The second-order valence-corrected chi connectivity index (χ2v) is 9.38. The summed E-state index contributed by atoms with van der Waals surface area (Å²) in [6.07, 6.45) is 3.50. The van der Waals surface area contributed by atoms with E-state index in [4.69, 9.17) is 17.0 Å². The lowest BCUT2D eigenvalue weighted by Crippen LogP contribution is -2.37. The number of nitrogens with zero attached hydrogens (tertiary/aromatic N) is 1. The van der Waals surface area contributed by atoms with Gasteiger partial charge in [-0.25, -0.2) is 13.4 Å². The quantitative estimate of drug-likeness (QED) is 0.208. The number of carbonyl (C=O) groups is 1. The van der Waals surface area contributed by atoms with E-state index in [1.807, 2.05) is 60.7 Å². The third-order valence-corrected chi connectivity index (χ3v) is 6.74. The fourth-order valence-electron chi connectivity index (χ4n) is 3.19. The Morgan fingerprint density at radius 1 is 1.03 bits per heavy atom. The molecule has 0 saturated heterocycles. The zero-order valence-electron chi connectivity index (χ0n) is 19.3. The first kappa shape index (κ1) is 25.8. The Balaban J connectivity index is 1.85. The molecule has 0 fully saturated rings. The summed E-state index contributed by atoms with van der Waals surface area (Å²) in [5, 5.41) is 2.53. The molecule has 2 N–H and O–H groups in total. The van der Waals surface area contributed by atoms with Gasteiger partial charge in [-0.1, -0.05) is 66.7 Å². The summed E-state index contributed by atoms with van der Waals surface area (Å²) in [5.41, 5.74) is 2.72. The van der Waals surface area contributed by atoms with E-state index in [1.165, 1.54) is 26.4 Å². The number of hydrogen-bond acceptors (Lipinski definition) is 5. The fraction of sp³-hybridized carbons (Fsp3) is 0.115. The van der Waals surface area contributed by atoms with E-state index in [9.17, 15) is 13.2 Å². The molecule has 0 aromatic heterocycles. The minimum atomic E-state index is -3.96. The molecular formula is C26H25N3O4S2. The third kappa shape index (κ3) is 7.08. The van der Waals surface area contributed by atoms with Crippen LogP contribution in [0.5, 0.6) is 5.75 Å². The molecule has 1 amide bonds. The lowest BCUT2D eigenvalue weighted by Gasteiger charge is -2.13. The molecular weight excluding hydrogens is 482 g/mol. The molecule has 0 saturated carbocycles. The third-order valence-electron chi connectivity index (χ3n) is 4.93. The van der Waals surface area contributed by atoms with Gasteiger partial charge in [0.05, 0.1) is 7.11 Å². The number of thiocarbonyl (C=S) groups is 1. The van der Waals surface area contributed by atoms with Crippen molar-refractivity contribution in [3.8, 4) is 5.75 Å². The number of methoxy groups -OCH3 is 1. The van der Waals surface area contributed by atoms with Gasteiger partial charge < -0.3 is 10.1 Å². The zero-order valence-corrected chi connectivity index (χ0v) is 20.9. The van der Waals surface area contributed by atoms with E-state index >= 15 is 0 Å². The molecule has 0 bridgehead atoms. The van der Waals surface area contributed by atoms with Crippen molar-refractivity contribution < 1.29 is 17.9 Å². The molecule has 0 aliphatic heterocycles. The fourth-order valence-corrected chi connectivity index (χ4v) is 4.70. The Hall–Kier alpha value is -3.82. The van der Waals surface area contributed by atoms with Crippen molar-refractivity contribution >= 4 is 51.1 Å².